The Bertz CT molecular complexity index is 762. The number of amides is 1. The number of H-pyrrole nitrogens is 1. The number of fused-ring (bicyclic) bond motifs is 1. The molecule has 0 unspecified atom stereocenters. The number of para-hydroxylation sites is 1. The van der Waals surface area contributed by atoms with Crippen LogP contribution in [0.3, 0.4) is 0 Å². The van der Waals surface area contributed by atoms with Crippen LogP contribution in [0.2, 0.25) is 0 Å². The van der Waals surface area contributed by atoms with Gasteiger partial charge in [-0.15, -0.1) is 0 Å². The molecule has 0 aliphatic carbocycles. The minimum Gasteiger partial charge on any atom is -0.396 e. The van der Waals surface area contributed by atoms with E-state index in [0.717, 1.165) is 10.9 Å². The van der Waals surface area contributed by atoms with Crippen molar-refractivity contribution in [1.29, 1.82) is 0 Å². The van der Waals surface area contributed by atoms with Crippen LogP contribution in [0.5, 0.6) is 0 Å². The molecule has 0 radical (unpaired) electrons. The number of hydrogen-bond donors (Lipinski definition) is 3. The van der Waals surface area contributed by atoms with Crippen molar-refractivity contribution < 1.29 is 9.18 Å². The number of aromatic nitrogens is 1. The summed E-state index contributed by atoms with van der Waals surface area (Å²) in [7, 11) is 0. The van der Waals surface area contributed by atoms with Gasteiger partial charge in [-0.2, -0.15) is 0 Å². The summed E-state index contributed by atoms with van der Waals surface area (Å²) in [5.74, 6) is -0.805. The molecule has 0 aliphatic rings. The minimum atomic E-state index is -0.506. The lowest BCUT2D eigenvalue weighted by atomic mass is 10.2. The van der Waals surface area contributed by atoms with E-state index in [1.165, 1.54) is 18.2 Å². The third kappa shape index (κ3) is 2.21. The number of carbonyl (C=O) groups is 1. The number of rotatable bonds is 2. The Morgan fingerprint density at radius 3 is 2.70 bits per heavy atom. The summed E-state index contributed by atoms with van der Waals surface area (Å²) in [6, 6.07) is 13.4. The predicted octanol–water partition coefficient (Wildman–Crippen LogP) is 3.14. The van der Waals surface area contributed by atoms with Gasteiger partial charge in [-0.25, -0.2) is 4.39 Å². The highest BCUT2D eigenvalue weighted by Gasteiger charge is 2.10. The van der Waals surface area contributed by atoms with Crippen molar-refractivity contribution in [2.75, 3.05) is 11.1 Å². The van der Waals surface area contributed by atoms with Crippen LogP contribution < -0.4 is 11.1 Å². The standard InChI is InChI=1S/C15H12FN3O/c16-11-6-5-10(8-12(11)17)18-15(20)14-7-9-3-1-2-4-13(9)19-14/h1-8,19H,17H2,(H,18,20). The first-order valence-corrected chi connectivity index (χ1v) is 6.07. The van der Waals surface area contributed by atoms with Crippen LogP contribution in [-0.4, -0.2) is 10.9 Å². The smallest absolute Gasteiger partial charge is 0.272 e. The maximum Gasteiger partial charge on any atom is 0.272 e. The Labute approximate surface area is 114 Å². The predicted molar refractivity (Wildman–Crippen MR) is 77.1 cm³/mol. The van der Waals surface area contributed by atoms with Crippen molar-refractivity contribution in [2.45, 2.75) is 0 Å². The van der Waals surface area contributed by atoms with E-state index < -0.39 is 5.82 Å². The Balaban J connectivity index is 1.86. The van der Waals surface area contributed by atoms with Gasteiger partial charge in [-0.1, -0.05) is 18.2 Å². The quantitative estimate of drug-likeness (QED) is 0.625. The average molecular weight is 269 g/mol. The van der Waals surface area contributed by atoms with Gasteiger partial charge in [0.05, 0.1) is 5.69 Å². The summed E-state index contributed by atoms with van der Waals surface area (Å²) in [4.78, 5) is 15.1. The first kappa shape index (κ1) is 12.2. The van der Waals surface area contributed by atoms with Gasteiger partial charge >= 0.3 is 0 Å². The summed E-state index contributed by atoms with van der Waals surface area (Å²) in [5.41, 5.74) is 7.24. The number of nitrogens with two attached hydrogens (primary N) is 1. The van der Waals surface area contributed by atoms with Crippen LogP contribution in [0.4, 0.5) is 15.8 Å². The molecule has 1 aromatic heterocycles. The van der Waals surface area contributed by atoms with Crippen LogP contribution in [0.25, 0.3) is 10.9 Å². The van der Waals surface area contributed by atoms with Crippen molar-refractivity contribution in [3.05, 3.63) is 60.0 Å². The van der Waals surface area contributed by atoms with Gasteiger partial charge in [0.25, 0.3) is 5.91 Å². The van der Waals surface area contributed by atoms with Crippen molar-refractivity contribution in [3.8, 4) is 0 Å². The number of anilines is 2. The second kappa shape index (κ2) is 4.70. The number of nitrogen functional groups attached to an aromatic ring is 1. The average Bonchev–Trinajstić information content (AvgIpc) is 2.87. The van der Waals surface area contributed by atoms with Crippen LogP contribution in [0.1, 0.15) is 10.5 Å². The summed E-state index contributed by atoms with van der Waals surface area (Å²) in [6.45, 7) is 0. The number of halogens is 1. The van der Waals surface area contributed by atoms with Gasteiger partial charge in [0.15, 0.2) is 0 Å². The molecule has 3 rings (SSSR count). The normalized spacial score (nSPS) is 10.7. The van der Waals surface area contributed by atoms with Gasteiger partial charge in [-0.05, 0) is 30.3 Å². The van der Waals surface area contributed by atoms with E-state index in [1.54, 1.807) is 6.07 Å². The molecule has 0 saturated carbocycles. The second-order valence-corrected chi connectivity index (χ2v) is 4.46. The Kier molecular flexibility index (Phi) is 2.87. The highest BCUT2D eigenvalue weighted by atomic mass is 19.1. The zero-order valence-electron chi connectivity index (χ0n) is 10.5. The molecule has 0 aliphatic heterocycles. The molecule has 0 atom stereocenters. The molecule has 0 fully saturated rings. The fraction of sp³-hybridized carbons (Fsp3) is 0. The zero-order valence-corrected chi connectivity index (χ0v) is 10.5. The third-order valence-corrected chi connectivity index (χ3v) is 3.03. The summed E-state index contributed by atoms with van der Waals surface area (Å²) >= 11 is 0. The van der Waals surface area contributed by atoms with Gasteiger partial charge in [0.1, 0.15) is 11.5 Å². The lowest BCUT2D eigenvalue weighted by molar-refractivity contribution is 0.102. The zero-order chi connectivity index (χ0) is 14.1. The van der Waals surface area contributed by atoms with Crippen molar-refractivity contribution in [3.63, 3.8) is 0 Å². The van der Waals surface area contributed by atoms with E-state index in [9.17, 15) is 9.18 Å². The number of benzene rings is 2. The Morgan fingerprint density at radius 2 is 1.95 bits per heavy atom. The molecule has 2 aromatic carbocycles. The topological polar surface area (TPSA) is 70.9 Å². The van der Waals surface area contributed by atoms with Gasteiger partial charge < -0.3 is 16.0 Å². The molecular formula is C15H12FN3O. The van der Waals surface area contributed by atoms with Crippen LogP contribution in [0.15, 0.2) is 48.5 Å². The molecular weight excluding hydrogens is 257 g/mol. The molecule has 1 heterocycles. The molecule has 100 valence electrons. The number of aromatic amines is 1. The van der Waals surface area contributed by atoms with E-state index in [0.29, 0.717) is 11.4 Å². The molecule has 0 saturated heterocycles. The second-order valence-electron chi connectivity index (χ2n) is 4.46. The van der Waals surface area contributed by atoms with Gasteiger partial charge in [-0.3, -0.25) is 4.79 Å². The monoisotopic (exact) mass is 269 g/mol. The van der Waals surface area contributed by atoms with E-state index in [-0.39, 0.29) is 11.6 Å². The first-order chi connectivity index (χ1) is 9.63. The summed E-state index contributed by atoms with van der Waals surface area (Å²) in [6.07, 6.45) is 0. The fourth-order valence-electron chi connectivity index (χ4n) is 2.02. The Morgan fingerprint density at radius 1 is 1.15 bits per heavy atom. The van der Waals surface area contributed by atoms with Crippen molar-refractivity contribution in [1.82, 2.24) is 4.98 Å². The Hall–Kier alpha value is -2.82. The molecule has 0 bridgehead atoms. The summed E-state index contributed by atoms with van der Waals surface area (Å²) in [5, 5.41) is 3.63. The van der Waals surface area contributed by atoms with Crippen LogP contribution >= 0.6 is 0 Å². The minimum absolute atomic E-state index is 0.000512. The highest BCUT2D eigenvalue weighted by molar-refractivity contribution is 6.06. The molecule has 5 heteroatoms. The number of nitrogens with one attached hydrogen (secondary N) is 2. The lowest BCUT2D eigenvalue weighted by Gasteiger charge is -2.05. The van der Waals surface area contributed by atoms with E-state index in [1.807, 2.05) is 24.3 Å². The van der Waals surface area contributed by atoms with E-state index in [4.69, 9.17) is 5.73 Å². The van der Waals surface area contributed by atoms with Crippen molar-refractivity contribution >= 4 is 28.2 Å². The maximum atomic E-state index is 13.1. The van der Waals surface area contributed by atoms with Gasteiger partial charge in [0, 0.05) is 16.6 Å². The lowest BCUT2D eigenvalue weighted by Crippen LogP contribution is -2.12. The largest absolute Gasteiger partial charge is 0.396 e. The SMILES string of the molecule is Nc1cc(NC(=O)c2cc3ccccc3[nH]2)ccc1F. The highest BCUT2D eigenvalue weighted by Crippen LogP contribution is 2.19. The first-order valence-electron chi connectivity index (χ1n) is 6.07. The molecule has 20 heavy (non-hydrogen) atoms. The van der Waals surface area contributed by atoms with Crippen LogP contribution in [-0.2, 0) is 0 Å². The maximum absolute atomic E-state index is 13.1. The summed E-state index contributed by atoms with van der Waals surface area (Å²) < 4.78 is 13.1. The van der Waals surface area contributed by atoms with Gasteiger partial charge in [0.2, 0.25) is 0 Å². The molecule has 3 aromatic rings. The molecule has 4 N–H and O–H groups in total. The van der Waals surface area contributed by atoms with E-state index >= 15 is 0 Å². The molecule has 4 nitrogen and oxygen atoms in total. The third-order valence-electron chi connectivity index (χ3n) is 3.03. The van der Waals surface area contributed by atoms with E-state index in [2.05, 4.69) is 10.3 Å². The molecule has 0 spiro atoms. The number of hydrogen-bond acceptors (Lipinski definition) is 2. The number of carbonyl (C=O) groups excluding carboxylic acids is 1. The van der Waals surface area contributed by atoms with Crippen molar-refractivity contribution in [2.24, 2.45) is 0 Å². The molecule has 1 amide bonds. The fourth-order valence-corrected chi connectivity index (χ4v) is 2.02. The van der Waals surface area contributed by atoms with Crippen LogP contribution in [0, 0.1) is 5.82 Å².